The molecule has 13 heteroatoms. The highest BCUT2D eigenvalue weighted by Gasteiger charge is 2.17. The van der Waals surface area contributed by atoms with E-state index in [0.717, 1.165) is 11.3 Å². The van der Waals surface area contributed by atoms with Gasteiger partial charge in [0.1, 0.15) is 0 Å². The Morgan fingerprint density at radius 1 is 1.00 bits per heavy atom. The molecule has 0 atom stereocenters. The molecule has 2 aromatic rings. The third-order valence-corrected chi connectivity index (χ3v) is 5.09. The lowest BCUT2D eigenvalue weighted by Crippen LogP contribution is -2.37. The standard InChI is InChI=1S/C23H36N8O5/c24-5-11-34-15-16-35-12-7-25-20(33)17-18-1-3-19(4-2-18)27-22-28-21(26-6-10-32)29-23(30-22)31-8-13-36-14-9-31/h1-4,32H,5-17,24H2,(H,25,33)(H2,26,27,28,29,30). The number of nitrogens with one attached hydrogen (secondary N) is 3. The number of aliphatic hydroxyl groups excluding tert-OH is 1. The number of nitrogens with two attached hydrogens (primary N) is 1. The highest BCUT2D eigenvalue weighted by atomic mass is 16.5. The van der Waals surface area contributed by atoms with Crippen LogP contribution in [-0.4, -0.2) is 105 Å². The summed E-state index contributed by atoms with van der Waals surface area (Å²) in [5.41, 5.74) is 7.00. The van der Waals surface area contributed by atoms with Gasteiger partial charge in [0.25, 0.3) is 0 Å². The van der Waals surface area contributed by atoms with E-state index >= 15 is 0 Å². The van der Waals surface area contributed by atoms with Gasteiger partial charge in [-0.3, -0.25) is 4.79 Å². The van der Waals surface area contributed by atoms with Gasteiger partial charge in [0.2, 0.25) is 23.8 Å². The maximum atomic E-state index is 12.2. The van der Waals surface area contributed by atoms with E-state index in [2.05, 4.69) is 30.9 Å². The number of carbonyl (C=O) groups is 1. The number of hydrogen-bond acceptors (Lipinski definition) is 12. The van der Waals surface area contributed by atoms with Crippen LogP contribution < -0.4 is 26.6 Å². The highest BCUT2D eigenvalue weighted by molar-refractivity contribution is 5.78. The van der Waals surface area contributed by atoms with Crippen molar-refractivity contribution in [2.45, 2.75) is 6.42 Å². The van der Waals surface area contributed by atoms with Gasteiger partial charge in [-0.1, -0.05) is 12.1 Å². The number of morpholine rings is 1. The quantitative estimate of drug-likeness (QED) is 0.186. The average Bonchev–Trinajstić information content (AvgIpc) is 2.90. The van der Waals surface area contributed by atoms with Crippen LogP contribution in [0.5, 0.6) is 0 Å². The zero-order chi connectivity index (χ0) is 25.4. The SMILES string of the molecule is NCCOCCOCCNC(=O)Cc1ccc(Nc2nc(NCCO)nc(N3CCOCC3)n2)cc1. The normalized spacial score (nSPS) is 13.4. The fourth-order valence-electron chi connectivity index (χ4n) is 3.32. The molecule has 1 aliphatic rings. The lowest BCUT2D eigenvalue weighted by Gasteiger charge is -2.27. The molecule has 1 aliphatic heterocycles. The number of amides is 1. The summed E-state index contributed by atoms with van der Waals surface area (Å²) in [6, 6.07) is 7.49. The molecule has 36 heavy (non-hydrogen) atoms. The summed E-state index contributed by atoms with van der Waals surface area (Å²) >= 11 is 0. The molecule has 1 amide bonds. The van der Waals surface area contributed by atoms with Crippen molar-refractivity contribution in [2.75, 3.05) is 94.5 Å². The molecular weight excluding hydrogens is 468 g/mol. The second-order valence-corrected chi connectivity index (χ2v) is 7.89. The topological polar surface area (TPSA) is 169 Å². The van der Waals surface area contributed by atoms with E-state index in [9.17, 15) is 4.79 Å². The Bertz CT molecular complexity index is 912. The molecule has 0 aliphatic carbocycles. The van der Waals surface area contributed by atoms with Crippen LogP contribution >= 0.6 is 0 Å². The van der Waals surface area contributed by atoms with Gasteiger partial charge >= 0.3 is 0 Å². The predicted molar refractivity (Wildman–Crippen MR) is 136 cm³/mol. The van der Waals surface area contributed by atoms with Crippen molar-refractivity contribution in [1.82, 2.24) is 20.3 Å². The molecule has 13 nitrogen and oxygen atoms in total. The first-order valence-electron chi connectivity index (χ1n) is 12.1. The number of rotatable bonds is 16. The van der Waals surface area contributed by atoms with Crippen molar-refractivity contribution in [3.63, 3.8) is 0 Å². The van der Waals surface area contributed by atoms with Crippen molar-refractivity contribution in [1.29, 1.82) is 0 Å². The maximum Gasteiger partial charge on any atom is 0.233 e. The summed E-state index contributed by atoms with van der Waals surface area (Å²) in [4.78, 5) is 27.6. The van der Waals surface area contributed by atoms with Crippen molar-refractivity contribution >= 4 is 29.4 Å². The Kier molecular flexibility index (Phi) is 12.1. The number of ether oxygens (including phenoxy) is 3. The lowest BCUT2D eigenvalue weighted by atomic mass is 10.1. The molecule has 1 aromatic carbocycles. The van der Waals surface area contributed by atoms with E-state index < -0.39 is 0 Å². The monoisotopic (exact) mass is 504 g/mol. The molecule has 1 aromatic heterocycles. The number of nitrogens with zero attached hydrogens (tertiary/aromatic N) is 4. The fraction of sp³-hybridized carbons (Fsp3) is 0.565. The number of aliphatic hydroxyl groups is 1. The van der Waals surface area contributed by atoms with Crippen LogP contribution in [0.3, 0.4) is 0 Å². The Balaban J connectivity index is 1.48. The summed E-state index contributed by atoms with van der Waals surface area (Å²) in [7, 11) is 0. The fourth-order valence-corrected chi connectivity index (χ4v) is 3.32. The van der Waals surface area contributed by atoms with Crippen molar-refractivity contribution in [2.24, 2.45) is 5.73 Å². The van der Waals surface area contributed by atoms with Gasteiger partial charge in [0.15, 0.2) is 0 Å². The average molecular weight is 505 g/mol. The van der Waals surface area contributed by atoms with E-state index in [1.165, 1.54) is 0 Å². The Morgan fingerprint density at radius 3 is 2.44 bits per heavy atom. The first kappa shape index (κ1) is 27.5. The Hall–Kier alpha value is -3.10. The van der Waals surface area contributed by atoms with E-state index in [4.69, 9.17) is 25.1 Å². The van der Waals surface area contributed by atoms with Crippen LogP contribution in [0.4, 0.5) is 23.5 Å². The van der Waals surface area contributed by atoms with Crippen molar-refractivity contribution in [3.05, 3.63) is 29.8 Å². The van der Waals surface area contributed by atoms with Crippen LogP contribution in [0.2, 0.25) is 0 Å². The maximum absolute atomic E-state index is 12.2. The van der Waals surface area contributed by atoms with Gasteiger partial charge in [-0.15, -0.1) is 0 Å². The van der Waals surface area contributed by atoms with Gasteiger partial charge < -0.3 is 45.9 Å². The highest BCUT2D eigenvalue weighted by Crippen LogP contribution is 2.19. The van der Waals surface area contributed by atoms with E-state index in [1.54, 1.807) is 0 Å². The number of hydrogen-bond donors (Lipinski definition) is 5. The summed E-state index contributed by atoms with van der Waals surface area (Å²) in [5.74, 6) is 1.22. The van der Waals surface area contributed by atoms with E-state index in [-0.39, 0.29) is 18.9 Å². The molecule has 0 radical (unpaired) electrons. The third-order valence-electron chi connectivity index (χ3n) is 5.09. The van der Waals surface area contributed by atoms with E-state index in [0.29, 0.717) is 90.2 Å². The van der Waals surface area contributed by atoms with Crippen LogP contribution in [0.1, 0.15) is 5.56 Å². The van der Waals surface area contributed by atoms with Crippen LogP contribution in [-0.2, 0) is 25.4 Å². The van der Waals surface area contributed by atoms with Gasteiger partial charge in [-0.2, -0.15) is 15.0 Å². The summed E-state index contributed by atoms with van der Waals surface area (Å²) in [6.07, 6.45) is 0.266. The molecule has 198 valence electrons. The smallest absolute Gasteiger partial charge is 0.233 e. The third kappa shape index (κ3) is 9.87. The second-order valence-electron chi connectivity index (χ2n) is 7.89. The lowest BCUT2D eigenvalue weighted by molar-refractivity contribution is -0.120. The summed E-state index contributed by atoms with van der Waals surface area (Å²) < 4.78 is 16.0. The minimum Gasteiger partial charge on any atom is -0.395 e. The Morgan fingerprint density at radius 2 is 1.72 bits per heavy atom. The predicted octanol–water partition coefficient (Wildman–Crippen LogP) is -0.493. The van der Waals surface area contributed by atoms with Gasteiger partial charge in [0, 0.05) is 38.4 Å². The van der Waals surface area contributed by atoms with Crippen molar-refractivity contribution in [3.8, 4) is 0 Å². The number of anilines is 4. The molecule has 0 bridgehead atoms. The molecule has 6 N–H and O–H groups in total. The zero-order valence-corrected chi connectivity index (χ0v) is 20.4. The van der Waals surface area contributed by atoms with Gasteiger partial charge in [-0.25, -0.2) is 0 Å². The Labute approximate surface area is 210 Å². The first-order chi connectivity index (χ1) is 17.7. The first-order valence-corrected chi connectivity index (χ1v) is 12.1. The van der Waals surface area contributed by atoms with Crippen molar-refractivity contribution < 1.29 is 24.1 Å². The van der Waals surface area contributed by atoms with Crippen LogP contribution in [0.15, 0.2) is 24.3 Å². The number of carbonyl (C=O) groups excluding carboxylic acids is 1. The second kappa shape index (κ2) is 15.8. The summed E-state index contributed by atoms with van der Waals surface area (Å²) in [5, 5.41) is 18.2. The number of benzene rings is 1. The van der Waals surface area contributed by atoms with Gasteiger partial charge in [-0.05, 0) is 17.7 Å². The van der Waals surface area contributed by atoms with Gasteiger partial charge in [0.05, 0.1) is 52.7 Å². The molecule has 1 fully saturated rings. The van der Waals surface area contributed by atoms with Crippen LogP contribution in [0, 0.1) is 0 Å². The minimum absolute atomic E-state index is 0.0341. The molecular formula is C23H36N8O5. The largest absolute Gasteiger partial charge is 0.395 e. The van der Waals surface area contributed by atoms with E-state index in [1.807, 2.05) is 29.2 Å². The molecule has 2 heterocycles. The number of aromatic nitrogens is 3. The summed E-state index contributed by atoms with van der Waals surface area (Å²) in [6.45, 7) is 5.73. The zero-order valence-electron chi connectivity index (χ0n) is 20.4. The molecule has 3 rings (SSSR count). The van der Waals surface area contributed by atoms with Crippen LogP contribution in [0.25, 0.3) is 0 Å². The molecule has 1 saturated heterocycles. The molecule has 0 unspecified atom stereocenters. The molecule has 0 spiro atoms. The molecule has 0 saturated carbocycles. The minimum atomic E-state index is -0.0779.